The van der Waals surface area contributed by atoms with E-state index in [0.717, 1.165) is 18.4 Å². The summed E-state index contributed by atoms with van der Waals surface area (Å²) in [6, 6.07) is 16.0. The molecule has 1 aliphatic rings. The van der Waals surface area contributed by atoms with Crippen molar-refractivity contribution in [3.8, 4) is 0 Å². The molecule has 1 saturated heterocycles. The molecule has 1 N–H and O–H groups in total. The van der Waals surface area contributed by atoms with Crippen molar-refractivity contribution < 1.29 is 14.0 Å². The zero-order chi connectivity index (χ0) is 18.4. The molecule has 1 aliphatic heterocycles. The van der Waals surface area contributed by atoms with Gasteiger partial charge in [0.05, 0.1) is 12.3 Å². The fourth-order valence-electron chi connectivity index (χ4n) is 3.27. The van der Waals surface area contributed by atoms with Gasteiger partial charge in [0.2, 0.25) is 11.8 Å². The molecule has 2 aromatic rings. The van der Waals surface area contributed by atoms with E-state index in [1.165, 1.54) is 6.07 Å². The van der Waals surface area contributed by atoms with E-state index >= 15 is 0 Å². The largest absolute Gasteiger partial charge is 0.352 e. The summed E-state index contributed by atoms with van der Waals surface area (Å²) in [5.41, 5.74) is 1.44. The van der Waals surface area contributed by atoms with E-state index in [2.05, 4.69) is 5.32 Å². The molecule has 26 heavy (non-hydrogen) atoms. The highest BCUT2D eigenvalue weighted by Gasteiger charge is 2.28. The molecule has 0 spiro atoms. The summed E-state index contributed by atoms with van der Waals surface area (Å²) in [7, 11) is 0. The SMILES string of the molecule is O=C(NCc1ccccc1F)C1CCCN(C(=O)Cc2ccccc2)C1. The van der Waals surface area contributed by atoms with Gasteiger partial charge in [-0.15, -0.1) is 0 Å². The van der Waals surface area contributed by atoms with Crippen molar-refractivity contribution in [3.63, 3.8) is 0 Å². The minimum atomic E-state index is -0.323. The predicted molar refractivity (Wildman–Crippen MR) is 97.7 cm³/mol. The summed E-state index contributed by atoms with van der Waals surface area (Å²) in [5, 5.41) is 2.80. The summed E-state index contributed by atoms with van der Waals surface area (Å²) in [5.74, 6) is -0.639. The van der Waals surface area contributed by atoms with Gasteiger partial charge in [0, 0.05) is 25.2 Å². The average molecular weight is 354 g/mol. The first-order chi connectivity index (χ1) is 12.6. The minimum absolute atomic E-state index is 0.0443. The Morgan fingerprint density at radius 3 is 2.58 bits per heavy atom. The summed E-state index contributed by atoms with van der Waals surface area (Å²) >= 11 is 0. The number of carbonyl (C=O) groups excluding carboxylic acids is 2. The molecule has 1 unspecified atom stereocenters. The van der Waals surface area contributed by atoms with Crippen molar-refractivity contribution in [1.82, 2.24) is 10.2 Å². The van der Waals surface area contributed by atoms with Crippen molar-refractivity contribution in [2.24, 2.45) is 5.92 Å². The third kappa shape index (κ3) is 4.69. The van der Waals surface area contributed by atoms with Crippen LogP contribution in [0.5, 0.6) is 0 Å². The normalized spacial score (nSPS) is 17.0. The van der Waals surface area contributed by atoms with Crippen molar-refractivity contribution in [2.75, 3.05) is 13.1 Å². The monoisotopic (exact) mass is 354 g/mol. The molecule has 1 heterocycles. The Morgan fingerprint density at radius 2 is 1.81 bits per heavy atom. The van der Waals surface area contributed by atoms with Crippen LogP contribution in [0.4, 0.5) is 4.39 Å². The number of piperidine rings is 1. The molecule has 5 heteroatoms. The summed E-state index contributed by atoms with van der Waals surface area (Å²) in [6.45, 7) is 1.28. The van der Waals surface area contributed by atoms with Gasteiger partial charge in [0.1, 0.15) is 5.82 Å². The number of hydrogen-bond acceptors (Lipinski definition) is 2. The lowest BCUT2D eigenvalue weighted by Gasteiger charge is -2.32. The highest BCUT2D eigenvalue weighted by molar-refractivity contribution is 5.82. The molecular weight excluding hydrogens is 331 g/mol. The van der Waals surface area contributed by atoms with E-state index in [1.807, 2.05) is 30.3 Å². The minimum Gasteiger partial charge on any atom is -0.352 e. The third-order valence-electron chi connectivity index (χ3n) is 4.75. The van der Waals surface area contributed by atoms with Crippen LogP contribution in [-0.2, 0) is 22.6 Å². The van der Waals surface area contributed by atoms with Crippen LogP contribution in [-0.4, -0.2) is 29.8 Å². The topological polar surface area (TPSA) is 49.4 Å². The molecule has 0 radical (unpaired) electrons. The molecule has 0 aliphatic carbocycles. The number of nitrogens with one attached hydrogen (secondary N) is 1. The molecule has 0 aromatic heterocycles. The lowest BCUT2D eigenvalue weighted by molar-refractivity contribution is -0.135. The zero-order valence-corrected chi connectivity index (χ0v) is 14.7. The smallest absolute Gasteiger partial charge is 0.227 e. The average Bonchev–Trinajstić information content (AvgIpc) is 2.68. The zero-order valence-electron chi connectivity index (χ0n) is 14.7. The first-order valence-electron chi connectivity index (χ1n) is 8.96. The highest BCUT2D eigenvalue weighted by atomic mass is 19.1. The van der Waals surface area contributed by atoms with Gasteiger partial charge in [0.15, 0.2) is 0 Å². The van der Waals surface area contributed by atoms with Gasteiger partial charge in [-0.3, -0.25) is 9.59 Å². The Hall–Kier alpha value is -2.69. The number of hydrogen-bond donors (Lipinski definition) is 1. The summed E-state index contributed by atoms with van der Waals surface area (Å²) in [6.07, 6.45) is 1.90. The van der Waals surface area contributed by atoms with E-state index in [4.69, 9.17) is 0 Å². The molecule has 2 amide bonds. The fraction of sp³-hybridized carbons (Fsp3) is 0.333. The Balaban J connectivity index is 1.53. The first-order valence-corrected chi connectivity index (χ1v) is 8.96. The number of rotatable bonds is 5. The van der Waals surface area contributed by atoms with Gasteiger partial charge < -0.3 is 10.2 Å². The molecule has 0 saturated carbocycles. The van der Waals surface area contributed by atoms with Crippen LogP contribution in [0.2, 0.25) is 0 Å². The fourth-order valence-corrected chi connectivity index (χ4v) is 3.27. The van der Waals surface area contributed by atoms with Gasteiger partial charge in [-0.05, 0) is 24.5 Å². The van der Waals surface area contributed by atoms with Crippen LogP contribution >= 0.6 is 0 Å². The third-order valence-corrected chi connectivity index (χ3v) is 4.75. The second kappa shape index (κ2) is 8.61. The van der Waals surface area contributed by atoms with Gasteiger partial charge in [-0.25, -0.2) is 4.39 Å². The maximum atomic E-state index is 13.7. The molecule has 0 bridgehead atoms. The van der Waals surface area contributed by atoms with Crippen molar-refractivity contribution in [3.05, 3.63) is 71.5 Å². The maximum Gasteiger partial charge on any atom is 0.227 e. The van der Waals surface area contributed by atoms with Crippen molar-refractivity contribution >= 4 is 11.8 Å². The number of carbonyl (C=O) groups is 2. The molecule has 1 atom stereocenters. The van der Waals surface area contributed by atoms with E-state index in [-0.39, 0.29) is 30.1 Å². The molecule has 1 fully saturated rings. The van der Waals surface area contributed by atoms with E-state index in [1.54, 1.807) is 23.1 Å². The van der Waals surface area contributed by atoms with E-state index in [9.17, 15) is 14.0 Å². The lowest BCUT2D eigenvalue weighted by Crippen LogP contribution is -2.45. The quantitative estimate of drug-likeness (QED) is 0.898. The van der Waals surface area contributed by atoms with Gasteiger partial charge in [-0.1, -0.05) is 48.5 Å². The van der Waals surface area contributed by atoms with Gasteiger partial charge in [-0.2, -0.15) is 0 Å². The number of likely N-dealkylation sites (tertiary alicyclic amines) is 1. The van der Waals surface area contributed by atoms with Crippen LogP contribution < -0.4 is 5.32 Å². The second-order valence-electron chi connectivity index (χ2n) is 6.65. The Bertz CT molecular complexity index is 764. The summed E-state index contributed by atoms with van der Waals surface area (Å²) < 4.78 is 13.7. The van der Waals surface area contributed by atoms with Crippen LogP contribution in [0, 0.1) is 11.7 Å². The van der Waals surface area contributed by atoms with Crippen molar-refractivity contribution in [1.29, 1.82) is 0 Å². The molecular formula is C21H23FN2O2. The molecule has 3 rings (SSSR count). The molecule has 2 aromatic carbocycles. The van der Waals surface area contributed by atoms with Crippen LogP contribution in [0.1, 0.15) is 24.0 Å². The first kappa shape index (κ1) is 18.1. The second-order valence-corrected chi connectivity index (χ2v) is 6.65. The Morgan fingerprint density at radius 1 is 1.08 bits per heavy atom. The van der Waals surface area contributed by atoms with E-state index in [0.29, 0.717) is 25.1 Å². The number of amides is 2. The van der Waals surface area contributed by atoms with E-state index < -0.39 is 0 Å². The summed E-state index contributed by atoms with van der Waals surface area (Å²) in [4.78, 5) is 26.7. The van der Waals surface area contributed by atoms with Crippen molar-refractivity contribution in [2.45, 2.75) is 25.8 Å². The highest BCUT2D eigenvalue weighted by Crippen LogP contribution is 2.18. The lowest BCUT2D eigenvalue weighted by atomic mass is 9.96. The molecule has 4 nitrogen and oxygen atoms in total. The standard InChI is InChI=1S/C21H23FN2O2/c22-19-11-5-4-9-17(19)14-23-21(26)18-10-6-12-24(15-18)20(25)13-16-7-2-1-3-8-16/h1-5,7-9,11,18H,6,10,12-15H2,(H,23,26). The predicted octanol–water partition coefficient (Wildman–Crippen LogP) is 2.92. The number of benzene rings is 2. The molecule has 136 valence electrons. The van der Waals surface area contributed by atoms with Crippen LogP contribution in [0.3, 0.4) is 0 Å². The Kier molecular flexibility index (Phi) is 6.00. The van der Waals surface area contributed by atoms with Gasteiger partial charge >= 0.3 is 0 Å². The Labute approximate surface area is 153 Å². The number of halogens is 1. The van der Waals surface area contributed by atoms with Crippen LogP contribution in [0.15, 0.2) is 54.6 Å². The van der Waals surface area contributed by atoms with Gasteiger partial charge in [0.25, 0.3) is 0 Å². The maximum absolute atomic E-state index is 13.7. The van der Waals surface area contributed by atoms with Crippen LogP contribution in [0.25, 0.3) is 0 Å². The number of nitrogens with zero attached hydrogens (tertiary/aromatic N) is 1.